The molecule has 0 aliphatic carbocycles. The van der Waals surface area contributed by atoms with Crippen molar-refractivity contribution in [3.05, 3.63) is 35.9 Å². The summed E-state index contributed by atoms with van der Waals surface area (Å²) in [6.45, 7) is 3.97. The molecule has 4 nitrogen and oxygen atoms in total. The molecule has 0 bridgehead atoms. The maximum atomic E-state index is 9.41. The van der Waals surface area contributed by atoms with Crippen LogP contribution in [0.5, 0.6) is 0 Å². The van der Waals surface area contributed by atoms with E-state index >= 15 is 0 Å². The van der Waals surface area contributed by atoms with E-state index in [1.165, 1.54) is 5.56 Å². The van der Waals surface area contributed by atoms with Crippen LogP contribution in [-0.4, -0.2) is 53.5 Å². The third-order valence-electron chi connectivity index (χ3n) is 3.33. The van der Waals surface area contributed by atoms with Crippen LogP contribution in [0.25, 0.3) is 0 Å². The lowest BCUT2D eigenvalue weighted by atomic mass is 10.2. The van der Waals surface area contributed by atoms with Crippen LogP contribution in [0.2, 0.25) is 0 Å². The quantitative estimate of drug-likeness (QED) is 0.632. The third-order valence-corrected chi connectivity index (χ3v) is 3.33. The molecule has 1 fully saturated rings. The van der Waals surface area contributed by atoms with E-state index in [0.717, 1.165) is 26.1 Å². The largest absolute Gasteiger partial charge is 0.389 e. The summed E-state index contributed by atoms with van der Waals surface area (Å²) >= 11 is 0. The lowest BCUT2D eigenvalue weighted by Crippen LogP contribution is -2.26. The SMILES string of the molecule is O[C@@H]1CN(CCCNCc2ccccc2)C[C@H]1O. The maximum Gasteiger partial charge on any atom is 0.0938 e. The van der Waals surface area contributed by atoms with Crippen molar-refractivity contribution in [2.24, 2.45) is 0 Å². The Morgan fingerprint density at radius 3 is 2.44 bits per heavy atom. The first-order chi connectivity index (χ1) is 8.75. The summed E-state index contributed by atoms with van der Waals surface area (Å²) in [6, 6.07) is 10.3. The molecule has 0 amide bonds. The molecule has 0 aromatic heterocycles. The molecule has 1 heterocycles. The van der Waals surface area contributed by atoms with Gasteiger partial charge in [-0.05, 0) is 25.1 Å². The number of aliphatic hydroxyl groups excluding tert-OH is 2. The van der Waals surface area contributed by atoms with Gasteiger partial charge in [0.05, 0.1) is 12.2 Å². The number of aliphatic hydroxyl groups is 2. The lowest BCUT2D eigenvalue weighted by Gasteiger charge is -2.14. The third kappa shape index (κ3) is 4.07. The highest BCUT2D eigenvalue weighted by Crippen LogP contribution is 2.09. The fourth-order valence-corrected chi connectivity index (χ4v) is 2.29. The van der Waals surface area contributed by atoms with Crippen LogP contribution in [0.3, 0.4) is 0 Å². The van der Waals surface area contributed by atoms with Gasteiger partial charge in [-0.2, -0.15) is 0 Å². The number of hydrogen-bond acceptors (Lipinski definition) is 4. The highest BCUT2D eigenvalue weighted by Gasteiger charge is 2.28. The minimum atomic E-state index is -0.567. The van der Waals surface area contributed by atoms with Crippen LogP contribution in [0.15, 0.2) is 30.3 Å². The van der Waals surface area contributed by atoms with E-state index < -0.39 is 12.2 Å². The monoisotopic (exact) mass is 250 g/mol. The van der Waals surface area contributed by atoms with Crippen molar-refractivity contribution in [3.63, 3.8) is 0 Å². The Kier molecular flexibility index (Phi) is 5.13. The molecule has 1 aliphatic rings. The highest BCUT2D eigenvalue weighted by molar-refractivity contribution is 5.14. The summed E-state index contributed by atoms with van der Waals surface area (Å²) in [5.74, 6) is 0. The molecule has 0 radical (unpaired) electrons. The van der Waals surface area contributed by atoms with Gasteiger partial charge in [-0.1, -0.05) is 30.3 Å². The van der Waals surface area contributed by atoms with Gasteiger partial charge in [0.2, 0.25) is 0 Å². The second kappa shape index (κ2) is 6.85. The first-order valence-corrected chi connectivity index (χ1v) is 6.59. The van der Waals surface area contributed by atoms with Crippen molar-refractivity contribution in [1.29, 1.82) is 0 Å². The van der Waals surface area contributed by atoms with Crippen molar-refractivity contribution >= 4 is 0 Å². The van der Waals surface area contributed by atoms with Gasteiger partial charge in [0.1, 0.15) is 0 Å². The first kappa shape index (κ1) is 13.5. The van der Waals surface area contributed by atoms with Gasteiger partial charge in [0, 0.05) is 19.6 Å². The zero-order chi connectivity index (χ0) is 12.8. The topological polar surface area (TPSA) is 55.7 Å². The standard InChI is InChI=1S/C14H22N2O2/c17-13-10-16(11-14(13)18)8-4-7-15-9-12-5-2-1-3-6-12/h1-3,5-6,13-15,17-18H,4,7-11H2/t13-,14-/m1/s1. The van der Waals surface area contributed by atoms with E-state index in [0.29, 0.717) is 13.1 Å². The first-order valence-electron chi connectivity index (χ1n) is 6.59. The van der Waals surface area contributed by atoms with Crippen molar-refractivity contribution in [2.75, 3.05) is 26.2 Å². The van der Waals surface area contributed by atoms with E-state index in [-0.39, 0.29) is 0 Å². The molecule has 0 unspecified atom stereocenters. The van der Waals surface area contributed by atoms with Gasteiger partial charge in [-0.25, -0.2) is 0 Å². The average molecular weight is 250 g/mol. The summed E-state index contributed by atoms with van der Waals surface area (Å²) in [4.78, 5) is 2.11. The molecule has 18 heavy (non-hydrogen) atoms. The molecular weight excluding hydrogens is 228 g/mol. The Hall–Kier alpha value is -0.940. The lowest BCUT2D eigenvalue weighted by molar-refractivity contribution is 0.0572. The van der Waals surface area contributed by atoms with Gasteiger partial charge < -0.3 is 15.5 Å². The Bertz CT molecular complexity index is 335. The summed E-state index contributed by atoms with van der Waals surface area (Å²) in [5, 5.41) is 22.2. The van der Waals surface area contributed by atoms with Gasteiger partial charge >= 0.3 is 0 Å². The molecule has 0 saturated carbocycles. The summed E-state index contributed by atoms with van der Waals surface area (Å²) in [5.41, 5.74) is 1.30. The molecule has 1 aromatic carbocycles. The van der Waals surface area contributed by atoms with Crippen molar-refractivity contribution in [2.45, 2.75) is 25.2 Å². The number of nitrogens with zero attached hydrogens (tertiary/aromatic N) is 1. The van der Waals surface area contributed by atoms with Crippen molar-refractivity contribution in [3.8, 4) is 0 Å². The number of hydrogen-bond donors (Lipinski definition) is 3. The summed E-state index contributed by atoms with van der Waals surface area (Å²) in [6.07, 6.45) is -0.101. The number of nitrogens with one attached hydrogen (secondary N) is 1. The van der Waals surface area contributed by atoms with E-state index in [1.54, 1.807) is 0 Å². The Morgan fingerprint density at radius 1 is 1.11 bits per heavy atom. The van der Waals surface area contributed by atoms with Crippen molar-refractivity contribution in [1.82, 2.24) is 10.2 Å². The maximum absolute atomic E-state index is 9.41. The van der Waals surface area contributed by atoms with Crippen LogP contribution in [-0.2, 0) is 6.54 Å². The molecule has 1 aliphatic heterocycles. The molecule has 100 valence electrons. The van der Waals surface area contributed by atoms with Gasteiger partial charge in [0.25, 0.3) is 0 Å². The van der Waals surface area contributed by atoms with Gasteiger partial charge in [-0.3, -0.25) is 4.90 Å². The second-order valence-corrected chi connectivity index (χ2v) is 4.91. The minimum absolute atomic E-state index is 0.567. The molecular formula is C14H22N2O2. The average Bonchev–Trinajstić information content (AvgIpc) is 2.70. The zero-order valence-electron chi connectivity index (χ0n) is 10.6. The summed E-state index contributed by atoms with van der Waals surface area (Å²) < 4.78 is 0. The van der Waals surface area contributed by atoms with Crippen LogP contribution in [0.4, 0.5) is 0 Å². The predicted octanol–water partition coefficient (Wildman–Crippen LogP) is 0.204. The van der Waals surface area contributed by atoms with Gasteiger partial charge in [0.15, 0.2) is 0 Å². The number of β-amino-alcohol motifs (C(OH)–C–C–N with tert-alkyl or cyclic N) is 2. The van der Waals surface area contributed by atoms with E-state index in [4.69, 9.17) is 0 Å². The minimum Gasteiger partial charge on any atom is -0.389 e. The van der Waals surface area contributed by atoms with Gasteiger partial charge in [-0.15, -0.1) is 0 Å². The number of likely N-dealkylation sites (tertiary alicyclic amines) is 1. The van der Waals surface area contributed by atoms with E-state index in [1.807, 2.05) is 18.2 Å². The molecule has 2 atom stereocenters. The van der Waals surface area contributed by atoms with E-state index in [2.05, 4.69) is 22.3 Å². The van der Waals surface area contributed by atoms with Crippen LogP contribution >= 0.6 is 0 Å². The Labute approximate surface area is 108 Å². The number of rotatable bonds is 6. The molecule has 1 aromatic rings. The second-order valence-electron chi connectivity index (χ2n) is 4.91. The fraction of sp³-hybridized carbons (Fsp3) is 0.571. The normalized spacial score (nSPS) is 24.6. The molecule has 1 saturated heterocycles. The highest BCUT2D eigenvalue weighted by atomic mass is 16.3. The molecule has 2 rings (SSSR count). The Morgan fingerprint density at radius 2 is 1.78 bits per heavy atom. The van der Waals surface area contributed by atoms with Crippen LogP contribution in [0.1, 0.15) is 12.0 Å². The summed E-state index contributed by atoms with van der Waals surface area (Å²) in [7, 11) is 0. The van der Waals surface area contributed by atoms with E-state index in [9.17, 15) is 10.2 Å². The molecule has 0 spiro atoms. The number of benzene rings is 1. The predicted molar refractivity (Wildman–Crippen MR) is 71.2 cm³/mol. The molecule has 4 heteroatoms. The molecule has 3 N–H and O–H groups in total. The van der Waals surface area contributed by atoms with Crippen LogP contribution in [0, 0.1) is 0 Å². The van der Waals surface area contributed by atoms with Crippen LogP contribution < -0.4 is 5.32 Å². The zero-order valence-corrected chi connectivity index (χ0v) is 10.6. The Balaban J connectivity index is 1.54. The van der Waals surface area contributed by atoms with Crippen molar-refractivity contribution < 1.29 is 10.2 Å². The fourth-order valence-electron chi connectivity index (χ4n) is 2.29. The smallest absolute Gasteiger partial charge is 0.0938 e.